The van der Waals surface area contributed by atoms with Gasteiger partial charge in [0, 0.05) is 17.2 Å². The summed E-state index contributed by atoms with van der Waals surface area (Å²) in [6.45, 7) is 1.12. The van der Waals surface area contributed by atoms with Crippen LogP contribution in [0.1, 0.15) is 12.8 Å². The lowest BCUT2D eigenvalue weighted by molar-refractivity contribution is 0.0681. The molecule has 0 radical (unpaired) electrons. The van der Waals surface area contributed by atoms with Gasteiger partial charge in [0.2, 0.25) is 10.9 Å². The van der Waals surface area contributed by atoms with Crippen LogP contribution in [-0.2, 0) is 4.74 Å². The van der Waals surface area contributed by atoms with Crippen molar-refractivity contribution in [1.29, 1.82) is 0 Å². The zero-order chi connectivity index (χ0) is 15.0. The maximum atomic E-state index is 11.7. The van der Waals surface area contributed by atoms with Gasteiger partial charge in [0.1, 0.15) is 12.4 Å². The van der Waals surface area contributed by atoms with Crippen molar-refractivity contribution >= 4 is 17.3 Å². The lowest BCUT2D eigenvalue weighted by Crippen LogP contribution is -2.36. The van der Waals surface area contributed by atoms with Gasteiger partial charge in [-0.1, -0.05) is 11.6 Å². The zero-order valence-electron chi connectivity index (χ0n) is 11.2. The molecule has 2 aromatic carbocycles. The van der Waals surface area contributed by atoms with Crippen LogP contribution in [0.2, 0.25) is 5.02 Å². The molecule has 1 heterocycles. The van der Waals surface area contributed by atoms with E-state index in [1.807, 2.05) is 0 Å². The molecule has 2 N–H and O–H groups in total. The molecule has 110 valence electrons. The Morgan fingerprint density at radius 2 is 2.14 bits per heavy atom. The molecule has 1 saturated heterocycles. The molecule has 0 aromatic heterocycles. The summed E-state index contributed by atoms with van der Waals surface area (Å²) in [6.07, 6.45) is 2.00. The second-order valence-electron chi connectivity index (χ2n) is 5.03. The Kier molecular flexibility index (Phi) is 3.69. The first-order valence-corrected chi connectivity index (χ1v) is 7.09. The number of rotatable bonds is 4. The van der Waals surface area contributed by atoms with E-state index >= 15 is 0 Å². The number of nitrogen functional groups attached to an aromatic ring is 1. The fourth-order valence-electron chi connectivity index (χ4n) is 2.46. The number of benzene rings is 1. The molecule has 21 heavy (non-hydrogen) atoms. The zero-order valence-corrected chi connectivity index (χ0v) is 12.0. The van der Waals surface area contributed by atoms with Gasteiger partial charge in [-0.05, 0) is 31.0 Å². The summed E-state index contributed by atoms with van der Waals surface area (Å²) in [5, 5.41) is 0.485. The van der Waals surface area contributed by atoms with Crippen molar-refractivity contribution in [2.75, 3.05) is 18.9 Å². The third-order valence-electron chi connectivity index (χ3n) is 3.61. The van der Waals surface area contributed by atoms with Crippen molar-refractivity contribution < 1.29 is 9.47 Å². The highest BCUT2D eigenvalue weighted by atomic mass is 35.5. The van der Waals surface area contributed by atoms with E-state index in [0.717, 1.165) is 19.4 Å². The van der Waals surface area contributed by atoms with E-state index in [9.17, 15) is 9.59 Å². The van der Waals surface area contributed by atoms with Crippen LogP contribution < -0.4 is 21.3 Å². The van der Waals surface area contributed by atoms with Gasteiger partial charge in [-0.25, -0.2) is 0 Å². The van der Waals surface area contributed by atoms with E-state index < -0.39 is 10.9 Å². The monoisotopic (exact) mass is 307 g/mol. The molecule has 0 bridgehead atoms. The second-order valence-corrected chi connectivity index (χ2v) is 5.47. The van der Waals surface area contributed by atoms with Gasteiger partial charge in [-0.3, -0.25) is 9.59 Å². The molecule has 0 saturated carbocycles. The van der Waals surface area contributed by atoms with Crippen LogP contribution >= 0.6 is 11.6 Å². The molecule has 0 spiro atoms. The third-order valence-corrected chi connectivity index (χ3v) is 3.84. The Morgan fingerprint density at radius 1 is 1.33 bits per heavy atom. The van der Waals surface area contributed by atoms with Crippen molar-refractivity contribution in [3.05, 3.63) is 43.7 Å². The maximum absolute atomic E-state index is 11.7. The molecular weight excluding hydrogens is 294 g/mol. The highest BCUT2D eigenvalue weighted by Gasteiger charge is 2.23. The van der Waals surface area contributed by atoms with E-state index in [4.69, 9.17) is 26.8 Å². The van der Waals surface area contributed by atoms with Crippen LogP contribution in [0.3, 0.4) is 0 Å². The standard InChI is InChI=1S/C15H14ClNO4/c16-8-3-4-10(12-13(17)15(19)14(12)18)11(6-8)21-7-9-2-1-5-20-9/h3-4,6,9H,1-2,5,7,17H2. The largest absolute Gasteiger partial charge is 0.490 e. The van der Waals surface area contributed by atoms with Gasteiger partial charge in [-0.15, -0.1) is 0 Å². The summed E-state index contributed by atoms with van der Waals surface area (Å²) >= 11 is 5.97. The minimum Gasteiger partial charge on any atom is -0.490 e. The number of halogens is 1. The summed E-state index contributed by atoms with van der Waals surface area (Å²) in [4.78, 5) is 22.9. The number of hydrogen-bond acceptors (Lipinski definition) is 5. The molecule has 1 aliphatic rings. The third kappa shape index (κ3) is 2.54. The van der Waals surface area contributed by atoms with Crippen LogP contribution in [0.4, 0.5) is 5.69 Å². The minimum atomic E-state index is -0.648. The molecule has 0 amide bonds. The smallest absolute Gasteiger partial charge is 0.249 e. The summed E-state index contributed by atoms with van der Waals surface area (Å²) in [5.74, 6) is 0.441. The van der Waals surface area contributed by atoms with Crippen molar-refractivity contribution in [3.63, 3.8) is 0 Å². The molecule has 0 aliphatic carbocycles. The van der Waals surface area contributed by atoms with E-state index in [-0.39, 0.29) is 17.4 Å². The summed E-state index contributed by atoms with van der Waals surface area (Å²) < 4.78 is 11.2. The predicted molar refractivity (Wildman–Crippen MR) is 80.7 cm³/mol. The molecule has 1 atom stereocenters. The molecular formula is C15H14ClNO4. The molecule has 2 aromatic rings. The van der Waals surface area contributed by atoms with Crippen LogP contribution in [0.25, 0.3) is 11.1 Å². The molecule has 5 nitrogen and oxygen atoms in total. The Labute approximate surface area is 125 Å². The fourth-order valence-corrected chi connectivity index (χ4v) is 2.62. The van der Waals surface area contributed by atoms with E-state index in [1.54, 1.807) is 18.2 Å². The van der Waals surface area contributed by atoms with Crippen molar-refractivity contribution in [2.45, 2.75) is 18.9 Å². The van der Waals surface area contributed by atoms with Crippen LogP contribution in [-0.4, -0.2) is 19.3 Å². The van der Waals surface area contributed by atoms with Gasteiger partial charge < -0.3 is 15.2 Å². The fraction of sp³-hybridized carbons (Fsp3) is 0.333. The first-order valence-electron chi connectivity index (χ1n) is 6.71. The average molecular weight is 308 g/mol. The van der Waals surface area contributed by atoms with Gasteiger partial charge in [0.15, 0.2) is 0 Å². The van der Waals surface area contributed by atoms with Gasteiger partial charge >= 0.3 is 0 Å². The quantitative estimate of drug-likeness (QED) is 0.871. The van der Waals surface area contributed by atoms with Crippen molar-refractivity contribution in [3.8, 4) is 16.9 Å². The SMILES string of the molecule is Nc1c(-c2ccc(Cl)cc2OCC2CCCO2)c(=O)c1=O. The summed E-state index contributed by atoms with van der Waals surface area (Å²) in [7, 11) is 0. The van der Waals surface area contributed by atoms with E-state index in [1.165, 1.54) is 0 Å². The van der Waals surface area contributed by atoms with E-state index in [2.05, 4.69) is 0 Å². The number of ether oxygens (including phenoxy) is 2. The molecule has 6 heteroatoms. The Balaban J connectivity index is 1.90. The van der Waals surface area contributed by atoms with Crippen LogP contribution in [0.5, 0.6) is 5.75 Å². The summed E-state index contributed by atoms with van der Waals surface area (Å²) in [5.41, 5.74) is 5.06. The second kappa shape index (κ2) is 5.50. The molecule has 1 unspecified atom stereocenters. The highest BCUT2D eigenvalue weighted by molar-refractivity contribution is 6.30. The lowest BCUT2D eigenvalue weighted by atomic mass is 9.98. The average Bonchev–Trinajstić information content (AvgIpc) is 3.00. The highest BCUT2D eigenvalue weighted by Crippen LogP contribution is 2.34. The van der Waals surface area contributed by atoms with E-state index in [0.29, 0.717) is 22.9 Å². The minimum absolute atomic E-state index is 0.0238. The van der Waals surface area contributed by atoms with Gasteiger partial charge in [0.25, 0.3) is 0 Å². The van der Waals surface area contributed by atoms with Crippen molar-refractivity contribution in [1.82, 2.24) is 0 Å². The first kappa shape index (κ1) is 14.1. The Morgan fingerprint density at radius 3 is 2.81 bits per heavy atom. The Hall–Kier alpha value is -1.85. The first-order chi connectivity index (χ1) is 10.1. The van der Waals surface area contributed by atoms with Crippen molar-refractivity contribution in [2.24, 2.45) is 0 Å². The van der Waals surface area contributed by atoms with Crippen LogP contribution in [0, 0.1) is 0 Å². The molecule has 1 fully saturated rings. The number of nitrogens with two attached hydrogens (primary N) is 1. The normalized spacial score (nSPS) is 18.2. The molecule has 3 rings (SSSR count). The van der Waals surface area contributed by atoms with Crippen LogP contribution in [0.15, 0.2) is 27.8 Å². The molecule has 1 aliphatic heterocycles. The van der Waals surface area contributed by atoms with Gasteiger partial charge in [-0.2, -0.15) is 0 Å². The predicted octanol–water partition coefficient (Wildman–Crippen LogP) is 1.74. The van der Waals surface area contributed by atoms with Gasteiger partial charge in [0.05, 0.1) is 17.4 Å². The Bertz CT molecular complexity index is 743. The number of hydrogen-bond donors (Lipinski definition) is 1. The lowest BCUT2D eigenvalue weighted by Gasteiger charge is -2.16. The number of anilines is 1. The maximum Gasteiger partial charge on any atom is 0.249 e. The topological polar surface area (TPSA) is 78.6 Å². The summed E-state index contributed by atoms with van der Waals surface area (Å²) in [6, 6.07) is 4.88.